The largest absolute Gasteiger partial charge is 0.399 e. The van der Waals surface area contributed by atoms with Crippen LogP contribution in [0.1, 0.15) is 6.92 Å². The lowest BCUT2D eigenvalue weighted by Crippen LogP contribution is -2.36. The van der Waals surface area contributed by atoms with Crippen LogP contribution in [-0.2, 0) is 9.59 Å². The maximum Gasteiger partial charge on any atom is 0.277 e. The van der Waals surface area contributed by atoms with E-state index in [1.807, 2.05) is 0 Å². The fourth-order valence-corrected chi connectivity index (χ4v) is 2.45. The van der Waals surface area contributed by atoms with Crippen LogP contribution in [0, 0.1) is 11.3 Å². The molecule has 0 aliphatic carbocycles. The molecule has 0 aliphatic rings. The Balaban J connectivity index is 2.33. The summed E-state index contributed by atoms with van der Waals surface area (Å²) >= 11 is 12.0. The maximum absolute atomic E-state index is 12.7. The van der Waals surface area contributed by atoms with Crippen LogP contribution in [0.2, 0.25) is 10.0 Å². The van der Waals surface area contributed by atoms with Gasteiger partial charge in [0, 0.05) is 18.8 Å². The molecule has 6 nitrogen and oxygen atoms in total. The van der Waals surface area contributed by atoms with Crippen LogP contribution >= 0.6 is 23.2 Å². The summed E-state index contributed by atoms with van der Waals surface area (Å²) in [5, 5.41) is 12.7. The van der Waals surface area contributed by atoms with Crippen molar-refractivity contribution in [1.29, 1.82) is 5.26 Å². The molecule has 0 saturated heterocycles. The lowest BCUT2D eigenvalue weighted by molar-refractivity contribution is -0.123. The topological polar surface area (TPSA) is 99.2 Å². The Morgan fingerprint density at radius 3 is 2.42 bits per heavy atom. The molecule has 2 rings (SSSR count). The first-order valence-corrected chi connectivity index (χ1v) is 8.12. The summed E-state index contributed by atoms with van der Waals surface area (Å²) in [5.74, 6) is -1.32. The van der Waals surface area contributed by atoms with Crippen LogP contribution in [-0.4, -0.2) is 11.8 Å². The molecule has 0 aliphatic heterocycles. The van der Waals surface area contributed by atoms with Crippen LogP contribution < -0.4 is 16.0 Å². The molecule has 0 spiro atoms. The van der Waals surface area contributed by atoms with Crippen molar-refractivity contribution in [2.75, 3.05) is 16.0 Å². The Kier molecular flexibility index (Phi) is 6.23. The lowest BCUT2D eigenvalue weighted by atomic mass is 10.2. The Morgan fingerprint density at radius 1 is 1.19 bits per heavy atom. The number of imide groups is 1. The van der Waals surface area contributed by atoms with E-state index in [9.17, 15) is 14.9 Å². The third-order valence-corrected chi connectivity index (χ3v) is 4.16. The van der Waals surface area contributed by atoms with Gasteiger partial charge < -0.3 is 11.1 Å². The third-order valence-electron chi connectivity index (χ3n) is 3.34. The minimum atomic E-state index is -0.782. The number of rotatable bonds is 4. The summed E-state index contributed by atoms with van der Waals surface area (Å²) < 4.78 is 0. The van der Waals surface area contributed by atoms with E-state index >= 15 is 0 Å². The number of carbonyl (C=O) groups is 2. The van der Waals surface area contributed by atoms with E-state index in [4.69, 9.17) is 28.9 Å². The van der Waals surface area contributed by atoms with Gasteiger partial charge in [0.25, 0.3) is 5.91 Å². The van der Waals surface area contributed by atoms with Crippen LogP contribution in [0.5, 0.6) is 0 Å². The molecule has 132 valence electrons. The van der Waals surface area contributed by atoms with E-state index in [-0.39, 0.29) is 10.6 Å². The fraction of sp³-hybridized carbons (Fsp3) is 0.0556. The highest BCUT2D eigenvalue weighted by molar-refractivity contribution is 6.43. The van der Waals surface area contributed by atoms with Gasteiger partial charge in [0.05, 0.1) is 21.4 Å². The minimum absolute atomic E-state index is 0.247. The number of hydrogen-bond donors (Lipinski definition) is 2. The van der Waals surface area contributed by atoms with E-state index < -0.39 is 11.8 Å². The summed E-state index contributed by atoms with van der Waals surface area (Å²) in [7, 11) is 0. The zero-order valence-electron chi connectivity index (χ0n) is 13.7. The number of anilines is 3. The average Bonchev–Trinajstić information content (AvgIpc) is 2.60. The van der Waals surface area contributed by atoms with E-state index in [2.05, 4.69) is 5.32 Å². The molecule has 2 amide bonds. The van der Waals surface area contributed by atoms with Crippen LogP contribution in [0.15, 0.2) is 54.2 Å². The lowest BCUT2D eigenvalue weighted by Gasteiger charge is -2.19. The van der Waals surface area contributed by atoms with E-state index in [0.29, 0.717) is 22.1 Å². The number of nitrogens with two attached hydrogens (primary N) is 1. The molecule has 0 fully saturated rings. The highest BCUT2D eigenvalue weighted by atomic mass is 35.5. The van der Waals surface area contributed by atoms with Crippen molar-refractivity contribution in [3.63, 3.8) is 0 Å². The maximum atomic E-state index is 12.7. The van der Waals surface area contributed by atoms with Crippen molar-refractivity contribution >= 4 is 52.1 Å². The summed E-state index contributed by atoms with van der Waals surface area (Å²) in [6.07, 6.45) is 1.17. The van der Waals surface area contributed by atoms with Gasteiger partial charge in [-0.3, -0.25) is 9.59 Å². The molecule has 8 heteroatoms. The van der Waals surface area contributed by atoms with Gasteiger partial charge in [-0.25, -0.2) is 4.90 Å². The Bertz CT molecular complexity index is 918. The van der Waals surface area contributed by atoms with Gasteiger partial charge in [0.2, 0.25) is 5.91 Å². The number of nitrogens with one attached hydrogen (secondary N) is 1. The number of nitrogens with zero attached hydrogens (tertiary/aromatic N) is 2. The van der Waals surface area contributed by atoms with E-state index in [0.717, 1.165) is 4.90 Å². The second-order valence-electron chi connectivity index (χ2n) is 5.17. The number of hydrogen-bond acceptors (Lipinski definition) is 5. The number of nitrogen functional groups attached to an aromatic ring is 1. The highest BCUT2D eigenvalue weighted by Crippen LogP contribution is 2.29. The Morgan fingerprint density at radius 2 is 1.85 bits per heavy atom. The average molecular weight is 389 g/mol. The first-order chi connectivity index (χ1) is 12.3. The number of amides is 2. The van der Waals surface area contributed by atoms with Crippen molar-refractivity contribution in [2.24, 2.45) is 0 Å². The zero-order valence-corrected chi connectivity index (χ0v) is 15.2. The SMILES string of the molecule is CC(=O)N(C(=O)/C(C#N)=C\Nc1cccc(Cl)c1Cl)c1ccc(N)cc1. The molecule has 0 unspecified atom stereocenters. The van der Waals surface area contributed by atoms with Crippen molar-refractivity contribution < 1.29 is 9.59 Å². The first kappa shape index (κ1) is 19.3. The molecule has 26 heavy (non-hydrogen) atoms. The summed E-state index contributed by atoms with van der Waals surface area (Å²) in [4.78, 5) is 25.5. The molecule has 2 aromatic carbocycles. The first-order valence-electron chi connectivity index (χ1n) is 7.36. The molecular formula is C18H14Cl2N4O2. The van der Waals surface area contributed by atoms with E-state index in [1.165, 1.54) is 25.3 Å². The van der Waals surface area contributed by atoms with E-state index in [1.54, 1.807) is 36.4 Å². The van der Waals surface area contributed by atoms with Crippen molar-refractivity contribution in [2.45, 2.75) is 6.92 Å². The molecule has 0 heterocycles. The smallest absolute Gasteiger partial charge is 0.277 e. The van der Waals surface area contributed by atoms with Gasteiger partial charge in [-0.2, -0.15) is 5.26 Å². The molecule has 0 radical (unpaired) electrons. The number of benzene rings is 2. The quantitative estimate of drug-likeness (QED) is 0.468. The normalized spacial score (nSPS) is 10.8. The van der Waals surface area contributed by atoms with Crippen LogP contribution in [0.25, 0.3) is 0 Å². The standard InChI is InChI=1S/C18H14Cl2N4O2/c1-11(25)24(14-7-5-13(22)6-8-14)18(26)12(9-21)10-23-16-4-2-3-15(19)17(16)20/h2-8,10,23H,22H2,1H3/b12-10-. The minimum Gasteiger partial charge on any atom is -0.399 e. The summed E-state index contributed by atoms with van der Waals surface area (Å²) in [6, 6.07) is 12.8. The number of halogens is 2. The summed E-state index contributed by atoms with van der Waals surface area (Å²) in [6.45, 7) is 1.23. The van der Waals surface area contributed by atoms with Gasteiger partial charge in [0.15, 0.2) is 0 Å². The summed E-state index contributed by atoms with van der Waals surface area (Å²) in [5.41, 5.74) is 6.54. The number of carbonyl (C=O) groups excluding carboxylic acids is 2. The molecule has 0 bridgehead atoms. The zero-order chi connectivity index (χ0) is 19.3. The molecule has 0 saturated carbocycles. The van der Waals surface area contributed by atoms with Crippen molar-refractivity contribution in [1.82, 2.24) is 0 Å². The van der Waals surface area contributed by atoms with Crippen LogP contribution in [0.4, 0.5) is 17.1 Å². The van der Waals surface area contributed by atoms with Gasteiger partial charge in [-0.05, 0) is 36.4 Å². The molecular weight excluding hydrogens is 375 g/mol. The fourth-order valence-electron chi connectivity index (χ4n) is 2.09. The Hall–Kier alpha value is -3.01. The molecule has 0 atom stereocenters. The Labute approximate surface area is 160 Å². The van der Waals surface area contributed by atoms with Gasteiger partial charge >= 0.3 is 0 Å². The van der Waals surface area contributed by atoms with Gasteiger partial charge in [0.1, 0.15) is 11.6 Å². The molecule has 0 aromatic heterocycles. The highest BCUT2D eigenvalue weighted by Gasteiger charge is 2.24. The van der Waals surface area contributed by atoms with Gasteiger partial charge in [-0.1, -0.05) is 29.3 Å². The molecule has 3 N–H and O–H groups in total. The second kappa shape index (κ2) is 8.39. The van der Waals surface area contributed by atoms with Crippen molar-refractivity contribution in [3.05, 3.63) is 64.3 Å². The predicted octanol–water partition coefficient (Wildman–Crippen LogP) is 3.97. The second-order valence-corrected chi connectivity index (χ2v) is 5.95. The molecule has 2 aromatic rings. The monoisotopic (exact) mass is 388 g/mol. The van der Waals surface area contributed by atoms with Crippen LogP contribution in [0.3, 0.4) is 0 Å². The third kappa shape index (κ3) is 4.33. The number of nitriles is 1. The van der Waals surface area contributed by atoms with Crippen molar-refractivity contribution in [3.8, 4) is 6.07 Å². The predicted molar refractivity (Wildman–Crippen MR) is 103 cm³/mol. The van der Waals surface area contributed by atoms with Gasteiger partial charge in [-0.15, -0.1) is 0 Å².